The third-order valence-electron chi connectivity index (χ3n) is 5.49. The summed E-state index contributed by atoms with van der Waals surface area (Å²) in [5.41, 5.74) is 0.753. The Morgan fingerprint density at radius 3 is 2.16 bits per heavy atom. The maximum Gasteiger partial charge on any atom is 0.263 e. The van der Waals surface area contributed by atoms with Crippen molar-refractivity contribution in [3.05, 3.63) is 99.8 Å². The molecule has 0 aliphatic rings. The number of benzene rings is 3. The number of hydrogen-bond donors (Lipinski definition) is 1. The van der Waals surface area contributed by atoms with Crippen LogP contribution in [0.4, 0.5) is 4.39 Å². The zero-order chi connectivity index (χ0) is 23.3. The molecule has 2 atom stereocenters. The molecular formula is C26H26Cl2FNO2. The largest absolute Gasteiger partial charge is 0.478 e. The molecule has 32 heavy (non-hydrogen) atoms. The lowest BCUT2D eigenvalue weighted by Gasteiger charge is -2.29. The Morgan fingerprint density at radius 1 is 0.969 bits per heavy atom. The van der Waals surface area contributed by atoms with Crippen LogP contribution >= 0.6 is 23.2 Å². The van der Waals surface area contributed by atoms with Crippen LogP contribution in [0.15, 0.2) is 72.8 Å². The number of ether oxygens (including phenoxy) is 1. The van der Waals surface area contributed by atoms with Gasteiger partial charge >= 0.3 is 0 Å². The fourth-order valence-electron chi connectivity index (χ4n) is 3.58. The summed E-state index contributed by atoms with van der Waals surface area (Å²) in [4.78, 5) is 13.0. The van der Waals surface area contributed by atoms with Crippen LogP contribution in [-0.4, -0.2) is 18.1 Å². The molecule has 3 rings (SSSR count). The second-order valence-corrected chi connectivity index (χ2v) is 9.15. The highest BCUT2D eigenvalue weighted by Gasteiger charge is 2.31. The first-order chi connectivity index (χ1) is 15.2. The van der Waals surface area contributed by atoms with E-state index in [1.54, 1.807) is 44.2 Å². The summed E-state index contributed by atoms with van der Waals surface area (Å²) in [7, 11) is 0. The molecule has 0 radical (unpaired) electrons. The molecule has 0 saturated heterocycles. The number of carbonyl (C=O) groups is 1. The van der Waals surface area contributed by atoms with Gasteiger partial charge in [0.05, 0.1) is 0 Å². The Kier molecular flexibility index (Phi) is 7.81. The van der Waals surface area contributed by atoms with Crippen LogP contribution in [0.5, 0.6) is 5.75 Å². The van der Waals surface area contributed by atoms with E-state index in [0.29, 0.717) is 22.3 Å². The van der Waals surface area contributed by atoms with Crippen LogP contribution in [0.25, 0.3) is 0 Å². The SMILES string of the molecule is CC(c1ccc(Cl)cc1)C(CNC(=O)C(C)(C)Oc1ccc(Cl)cc1)c1cccc(F)c1. The summed E-state index contributed by atoms with van der Waals surface area (Å²) in [6.45, 7) is 5.79. The second-order valence-electron chi connectivity index (χ2n) is 8.28. The van der Waals surface area contributed by atoms with Crippen molar-refractivity contribution in [3.63, 3.8) is 0 Å². The summed E-state index contributed by atoms with van der Waals surface area (Å²) in [6, 6.07) is 20.9. The molecule has 0 heterocycles. The average molecular weight is 474 g/mol. The lowest BCUT2D eigenvalue weighted by molar-refractivity contribution is -0.134. The van der Waals surface area contributed by atoms with Crippen molar-refractivity contribution in [1.29, 1.82) is 0 Å². The molecular weight excluding hydrogens is 448 g/mol. The van der Waals surface area contributed by atoms with Gasteiger partial charge in [-0.05, 0) is 79.4 Å². The molecule has 6 heteroatoms. The zero-order valence-electron chi connectivity index (χ0n) is 18.2. The van der Waals surface area contributed by atoms with Gasteiger partial charge in [-0.2, -0.15) is 0 Å². The Balaban J connectivity index is 1.77. The molecule has 0 fully saturated rings. The Labute approximate surface area is 198 Å². The van der Waals surface area contributed by atoms with Crippen LogP contribution in [0, 0.1) is 5.82 Å². The smallest absolute Gasteiger partial charge is 0.263 e. The molecule has 0 aromatic heterocycles. The van der Waals surface area contributed by atoms with E-state index >= 15 is 0 Å². The van der Waals surface area contributed by atoms with Crippen LogP contribution in [-0.2, 0) is 4.79 Å². The van der Waals surface area contributed by atoms with E-state index in [4.69, 9.17) is 27.9 Å². The molecule has 0 saturated carbocycles. The number of halogens is 3. The number of rotatable bonds is 8. The first-order valence-corrected chi connectivity index (χ1v) is 11.1. The Hall–Kier alpha value is -2.56. The first-order valence-electron chi connectivity index (χ1n) is 10.4. The molecule has 3 aromatic rings. The minimum Gasteiger partial charge on any atom is -0.478 e. The monoisotopic (exact) mass is 473 g/mol. The molecule has 0 aliphatic carbocycles. The third kappa shape index (κ3) is 6.24. The van der Waals surface area contributed by atoms with Crippen LogP contribution < -0.4 is 10.1 Å². The summed E-state index contributed by atoms with van der Waals surface area (Å²) in [5, 5.41) is 4.24. The number of carbonyl (C=O) groups excluding carboxylic acids is 1. The summed E-state index contributed by atoms with van der Waals surface area (Å²) < 4.78 is 19.9. The van der Waals surface area contributed by atoms with E-state index in [-0.39, 0.29) is 23.6 Å². The van der Waals surface area contributed by atoms with Gasteiger partial charge < -0.3 is 10.1 Å². The van der Waals surface area contributed by atoms with Gasteiger partial charge in [-0.1, -0.05) is 54.4 Å². The fraction of sp³-hybridized carbons (Fsp3) is 0.269. The summed E-state index contributed by atoms with van der Waals surface area (Å²) >= 11 is 12.0. The van der Waals surface area contributed by atoms with Crippen LogP contribution in [0.2, 0.25) is 10.0 Å². The standard InChI is InChI=1S/C26H26Cl2FNO2/c1-17(18-7-9-20(27)10-8-18)24(19-5-4-6-22(29)15-19)16-30-25(31)26(2,3)32-23-13-11-21(28)12-14-23/h4-15,17,24H,16H2,1-3H3,(H,30,31). The van der Waals surface area contributed by atoms with E-state index in [0.717, 1.165) is 11.1 Å². The van der Waals surface area contributed by atoms with E-state index in [2.05, 4.69) is 12.2 Å². The predicted molar refractivity (Wildman–Crippen MR) is 128 cm³/mol. The lowest BCUT2D eigenvalue weighted by atomic mass is 9.82. The molecule has 168 valence electrons. The van der Waals surface area contributed by atoms with Crippen molar-refractivity contribution < 1.29 is 13.9 Å². The normalized spacial score (nSPS) is 13.3. The minimum atomic E-state index is -1.11. The van der Waals surface area contributed by atoms with Crippen LogP contribution in [0.1, 0.15) is 43.7 Å². The topological polar surface area (TPSA) is 38.3 Å². The van der Waals surface area contributed by atoms with Gasteiger partial charge in [-0.25, -0.2) is 4.39 Å². The summed E-state index contributed by atoms with van der Waals surface area (Å²) in [5.74, 6) is -0.173. The zero-order valence-corrected chi connectivity index (χ0v) is 19.8. The fourth-order valence-corrected chi connectivity index (χ4v) is 3.83. The van der Waals surface area contributed by atoms with Crippen LogP contribution in [0.3, 0.4) is 0 Å². The molecule has 3 aromatic carbocycles. The van der Waals surface area contributed by atoms with Crippen molar-refractivity contribution >= 4 is 29.1 Å². The molecule has 3 nitrogen and oxygen atoms in total. The quantitative estimate of drug-likeness (QED) is 0.382. The Bertz CT molecular complexity index is 1050. The molecule has 2 unspecified atom stereocenters. The van der Waals surface area contributed by atoms with E-state index < -0.39 is 5.60 Å². The molecule has 0 bridgehead atoms. The van der Waals surface area contributed by atoms with E-state index in [1.165, 1.54) is 12.1 Å². The van der Waals surface area contributed by atoms with Gasteiger partial charge in [0.15, 0.2) is 5.60 Å². The highest BCUT2D eigenvalue weighted by atomic mass is 35.5. The van der Waals surface area contributed by atoms with Crippen molar-refractivity contribution in [2.75, 3.05) is 6.54 Å². The molecule has 1 amide bonds. The highest BCUT2D eigenvalue weighted by Crippen LogP contribution is 2.33. The van der Waals surface area contributed by atoms with Crippen molar-refractivity contribution in [2.45, 2.75) is 38.2 Å². The minimum absolute atomic E-state index is 0.00895. The molecule has 1 N–H and O–H groups in total. The summed E-state index contributed by atoms with van der Waals surface area (Å²) in [6.07, 6.45) is 0. The predicted octanol–water partition coefficient (Wildman–Crippen LogP) is 6.99. The van der Waals surface area contributed by atoms with Crippen molar-refractivity contribution in [1.82, 2.24) is 5.32 Å². The van der Waals surface area contributed by atoms with Crippen molar-refractivity contribution in [3.8, 4) is 5.75 Å². The first kappa shape index (κ1) is 24.1. The maximum absolute atomic E-state index is 14.0. The number of hydrogen-bond acceptors (Lipinski definition) is 2. The number of nitrogens with one attached hydrogen (secondary N) is 1. The second kappa shape index (κ2) is 10.4. The van der Waals surface area contributed by atoms with E-state index in [9.17, 15) is 9.18 Å². The number of amides is 1. The Morgan fingerprint density at radius 2 is 1.56 bits per heavy atom. The van der Waals surface area contributed by atoms with Gasteiger partial charge in [0.2, 0.25) is 0 Å². The third-order valence-corrected chi connectivity index (χ3v) is 6.00. The average Bonchev–Trinajstić information content (AvgIpc) is 2.75. The van der Waals surface area contributed by atoms with Gasteiger partial charge in [-0.15, -0.1) is 0 Å². The highest BCUT2D eigenvalue weighted by molar-refractivity contribution is 6.30. The van der Waals surface area contributed by atoms with Gasteiger partial charge in [0.1, 0.15) is 11.6 Å². The lowest BCUT2D eigenvalue weighted by Crippen LogP contribution is -2.47. The van der Waals surface area contributed by atoms with Crippen molar-refractivity contribution in [2.24, 2.45) is 0 Å². The molecule has 0 spiro atoms. The van der Waals surface area contributed by atoms with Gasteiger partial charge in [-0.3, -0.25) is 4.79 Å². The van der Waals surface area contributed by atoms with Gasteiger partial charge in [0, 0.05) is 22.5 Å². The van der Waals surface area contributed by atoms with Gasteiger partial charge in [0.25, 0.3) is 5.91 Å². The van der Waals surface area contributed by atoms with E-state index in [1.807, 2.05) is 30.3 Å². The molecule has 0 aliphatic heterocycles. The maximum atomic E-state index is 14.0.